The molecule has 1 aromatic heterocycles. The summed E-state index contributed by atoms with van der Waals surface area (Å²) >= 11 is 0. The van der Waals surface area contributed by atoms with Gasteiger partial charge in [0.1, 0.15) is 5.69 Å². The van der Waals surface area contributed by atoms with Crippen LogP contribution in [0.1, 0.15) is 16.9 Å². The predicted molar refractivity (Wildman–Crippen MR) is 62.8 cm³/mol. The Morgan fingerprint density at radius 3 is 3.35 bits per heavy atom. The molecule has 1 aromatic rings. The number of hydrogen-bond acceptors (Lipinski definition) is 4. The van der Waals surface area contributed by atoms with Crippen LogP contribution < -0.4 is 5.32 Å². The maximum absolute atomic E-state index is 11.8. The lowest BCUT2D eigenvalue weighted by Crippen LogP contribution is -2.37. The van der Waals surface area contributed by atoms with E-state index in [2.05, 4.69) is 20.4 Å². The van der Waals surface area contributed by atoms with Crippen molar-refractivity contribution in [3.63, 3.8) is 0 Å². The Bertz CT molecular complexity index is 352. The minimum atomic E-state index is -0.0823. The monoisotopic (exact) mass is 238 g/mol. The van der Waals surface area contributed by atoms with Crippen molar-refractivity contribution in [1.82, 2.24) is 20.4 Å². The fraction of sp³-hybridized carbons (Fsp3) is 0.636. The van der Waals surface area contributed by atoms with Crippen LogP contribution in [0, 0.1) is 0 Å². The van der Waals surface area contributed by atoms with Crippen molar-refractivity contribution in [1.29, 1.82) is 0 Å². The van der Waals surface area contributed by atoms with E-state index in [4.69, 9.17) is 4.74 Å². The van der Waals surface area contributed by atoms with E-state index in [0.717, 1.165) is 32.7 Å². The molecule has 1 saturated heterocycles. The highest BCUT2D eigenvalue weighted by Crippen LogP contribution is 2.09. The molecule has 1 fully saturated rings. The number of nitrogens with one attached hydrogen (secondary N) is 2. The van der Waals surface area contributed by atoms with E-state index in [1.54, 1.807) is 19.4 Å². The molecular formula is C11H18N4O2. The van der Waals surface area contributed by atoms with Crippen molar-refractivity contribution in [3.8, 4) is 0 Å². The summed E-state index contributed by atoms with van der Waals surface area (Å²) < 4.78 is 5.04. The van der Waals surface area contributed by atoms with Crippen molar-refractivity contribution >= 4 is 5.91 Å². The summed E-state index contributed by atoms with van der Waals surface area (Å²) in [4.78, 5) is 14.0. The first kappa shape index (κ1) is 12.1. The van der Waals surface area contributed by atoms with Crippen LogP contribution >= 0.6 is 0 Å². The number of nitrogens with zero attached hydrogens (tertiary/aromatic N) is 2. The van der Waals surface area contributed by atoms with Gasteiger partial charge in [-0.2, -0.15) is 5.10 Å². The van der Waals surface area contributed by atoms with Gasteiger partial charge in [-0.3, -0.25) is 14.8 Å². The lowest BCUT2D eigenvalue weighted by Gasteiger charge is -2.15. The van der Waals surface area contributed by atoms with Gasteiger partial charge in [-0.15, -0.1) is 0 Å². The number of H-pyrrole nitrogens is 1. The largest absolute Gasteiger partial charge is 0.383 e. The van der Waals surface area contributed by atoms with Crippen molar-refractivity contribution in [2.24, 2.45) is 0 Å². The molecule has 1 aliphatic heterocycles. The number of methoxy groups -OCH3 is 1. The number of aromatic nitrogens is 2. The van der Waals surface area contributed by atoms with E-state index in [9.17, 15) is 4.79 Å². The molecule has 1 unspecified atom stereocenters. The highest BCUT2D eigenvalue weighted by molar-refractivity contribution is 5.92. The molecule has 1 aliphatic rings. The normalized spacial score (nSPS) is 20.6. The first-order valence-electron chi connectivity index (χ1n) is 5.81. The zero-order chi connectivity index (χ0) is 12.1. The standard InChI is InChI=1S/C11H18N4O2/c1-17-7-6-15-5-3-9(8-15)13-11(16)10-2-4-12-14-10/h2,4,9H,3,5-8H2,1H3,(H,12,14)(H,13,16). The van der Waals surface area contributed by atoms with Crippen molar-refractivity contribution in [3.05, 3.63) is 18.0 Å². The first-order valence-corrected chi connectivity index (χ1v) is 5.81. The quantitative estimate of drug-likeness (QED) is 0.749. The summed E-state index contributed by atoms with van der Waals surface area (Å²) in [5.41, 5.74) is 0.514. The molecule has 2 rings (SSSR count). The molecule has 94 valence electrons. The highest BCUT2D eigenvalue weighted by atomic mass is 16.5. The molecule has 0 aromatic carbocycles. The van der Waals surface area contributed by atoms with Crippen LogP contribution in [0.15, 0.2) is 12.3 Å². The maximum atomic E-state index is 11.8. The van der Waals surface area contributed by atoms with Crippen LogP contribution in [0.5, 0.6) is 0 Å². The third kappa shape index (κ3) is 3.28. The van der Waals surface area contributed by atoms with Gasteiger partial charge in [0.15, 0.2) is 0 Å². The fourth-order valence-electron chi connectivity index (χ4n) is 2.02. The summed E-state index contributed by atoms with van der Waals surface area (Å²) in [6.07, 6.45) is 2.57. The molecular weight excluding hydrogens is 220 g/mol. The molecule has 2 heterocycles. The second kappa shape index (κ2) is 5.79. The molecule has 1 amide bonds. The minimum Gasteiger partial charge on any atom is -0.383 e. The van der Waals surface area contributed by atoms with Gasteiger partial charge in [0.05, 0.1) is 6.61 Å². The van der Waals surface area contributed by atoms with Gasteiger partial charge in [-0.1, -0.05) is 0 Å². The molecule has 1 atom stereocenters. The van der Waals surface area contributed by atoms with Gasteiger partial charge in [0, 0.05) is 39.0 Å². The summed E-state index contributed by atoms with van der Waals surface area (Å²) in [6.45, 7) is 3.56. The number of carbonyl (C=O) groups is 1. The van der Waals surface area contributed by atoms with Crippen LogP contribution in [-0.4, -0.2) is 60.4 Å². The number of likely N-dealkylation sites (tertiary alicyclic amines) is 1. The maximum Gasteiger partial charge on any atom is 0.269 e. The van der Waals surface area contributed by atoms with Crippen LogP contribution in [0.3, 0.4) is 0 Å². The van der Waals surface area contributed by atoms with E-state index < -0.39 is 0 Å². The lowest BCUT2D eigenvalue weighted by atomic mass is 10.2. The molecule has 0 spiro atoms. The van der Waals surface area contributed by atoms with E-state index in [1.165, 1.54) is 0 Å². The Morgan fingerprint density at radius 1 is 1.76 bits per heavy atom. The summed E-state index contributed by atoms with van der Waals surface area (Å²) in [7, 11) is 1.70. The molecule has 6 heteroatoms. The molecule has 0 radical (unpaired) electrons. The van der Waals surface area contributed by atoms with E-state index >= 15 is 0 Å². The Morgan fingerprint density at radius 2 is 2.65 bits per heavy atom. The summed E-state index contributed by atoms with van der Waals surface area (Å²) in [5, 5.41) is 9.42. The summed E-state index contributed by atoms with van der Waals surface area (Å²) in [5.74, 6) is -0.0823. The number of aromatic amines is 1. The Hall–Kier alpha value is -1.40. The highest BCUT2D eigenvalue weighted by Gasteiger charge is 2.23. The zero-order valence-corrected chi connectivity index (χ0v) is 9.98. The molecule has 0 saturated carbocycles. The van der Waals surface area contributed by atoms with Crippen molar-refractivity contribution in [2.75, 3.05) is 33.4 Å². The van der Waals surface area contributed by atoms with Crippen molar-refractivity contribution in [2.45, 2.75) is 12.5 Å². The van der Waals surface area contributed by atoms with Gasteiger partial charge in [0.25, 0.3) is 5.91 Å². The number of amides is 1. The third-order valence-electron chi connectivity index (χ3n) is 2.96. The number of rotatable bonds is 5. The van der Waals surface area contributed by atoms with Gasteiger partial charge in [0.2, 0.25) is 0 Å². The first-order chi connectivity index (χ1) is 8.29. The predicted octanol–water partition coefficient (Wildman–Crippen LogP) is -0.140. The van der Waals surface area contributed by atoms with E-state index in [0.29, 0.717) is 5.69 Å². The number of carbonyl (C=O) groups excluding carboxylic acids is 1. The Labute approximate surface area is 100 Å². The minimum absolute atomic E-state index is 0.0823. The smallest absolute Gasteiger partial charge is 0.269 e. The molecule has 2 N–H and O–H groups in total. The van der Waals surface area contributed by atoms with E-state index in [-0.39, 0.29) is 11.9 Å². The van der Waals surface area contributed by atoms with Gasteiger partial charge >= 0.3 is 0 Å². The molecule has 6 nitrogen and oxygen atoms in total. The second-order valence-electron chi connectivity index (χ2n) is 4.22. The SMILES string of the molecule is COCCN1CCC(NC(=O)c2ccn[nH]2)C1. The number of hydrogen-bond donors (Lipinski definition) is 2. The second-order valence-corrected chi connectivity index (χ2v) is 4.22. The van der Waals surface area contributed by atoms with Crippen LogP contribution in [0.25, 0.3) is 0 Å². The molecule has 17 heavy (non-hydrogen) atoms. The zero-order valence-electron chi connectivity index (χ0n) is 9.98. The van der Waals surface area contributed by atoms with Gasteiger partial charge in [-0.05, 0) is 12.5 Å². The average Bonchev–Trinajstić information content (AvgIpc) is 2.97. The molecule has 0 aliphatic carbocycles. The molecule has 0 bridgehead atoms. The summed E-state index contributed by atoms with van der Waals surface area (Å²) in [6, 6.07) is 1.90. The Balaban J connectivity index is 1.76. The van der Waals surface area contributed by atoms with Gasteiger partial charge in [-0.25, -0.2) is 0 Å². The number of ether oxygens (including phenoxy) is 1. The third-order valence-corrected chi connectivity index (χ3v) is 2.96. The topological polar surface area (TPSA) is 70.2 Å². The van der Waals surface area contributed by atoms with E-state index in [1.807, 2.05) is 0 Å². The fourth-order valence-corrected chi connectivity index (χ4v) is 2.02. The van der Waals surface area contributed by atoms with Crippen LogP contribution in [0.4, 0.5) is 0 Å². The average molecular weight is 238 g/mol. The Kier molecular flexibility index (Phi) is 4.11. The van der Waals surface area contributed by atoms with Gasteiger partial charge < -0.3 is 10.1 Å². The van der Waals surface area contributed by atoms with Crippen molar-refractivity contribution < 1.29 is 9.53 Å². The lowest BCUT2D eigenvalue weighted by molar-refractivity contribution is 0.0931. The van der Waals surface area contributed by atoms with Crippen LogP contribution in [-0.2, 0) is 4.74 Å². The van der Waals surface area contributed by atoms with Crippen LogP contribution in [0.2, 0.25) is 0 Å².